The Morgan fingerprint density at radius 1 is 1.42 bits per heavy atom. The number of nitrogens with one attached hydrogen (secondary N) is 1. The van der Waals surface area contributed by atoms with Crippen LogP contribution in [0.3, 0.4) is 0 Å². The van der Waals surface area contributed by atoms with Crippen LogP contribution in [0.25, 0.3) is 0 Å². The van der Waals surface area contributed by atoms with Crippen molar-refractivity contribution in [3.8, 4) is 0 Å². The fourth-order valence-electron chi connectivity index (χ4n) is 1.55. The van der Waals surface area contributed by atoms with Crippen LogP contribution in [-0.2, 0) is 9.84 Å². The van der Waals surface area contributed by atoms with E-state index in [1.807, 2.05) is 18.9 Å². The lowest BCUT2D eigenvalue weighted by Crippen LogP contribution is -2.26. The summed E-state index contributed by atoms with van der Waals surface area (Å²) in [6, 6.07) is 0. The molecule has 1 N–H and O–H groups in total. The minimum Gasteiger partial charge on any atom is -0.358 e. The number of anilines is 2. The molecule has 0 aromatic carbocycles. The van der Waals surface area contributed by atoms with Crippen LogP contribution in [0, 0.1) is 6.92 Å². The van der Waals surface area contributed by atoms with Crippen molar-refractivity contribution in [2.24, 2.45) is 0 Å². The Morgan fingerprint density at radius 2 is 2.11 bits per heavy atom. The number of rotatable bonds is 7. The summed E-state index contributed by atoms with van der Waals surface area (Å²) in [6.07, 6.45) is 3.98. The van der Waals surface area contributed by atoms with Crippen molar-refractivity contribution in [3.63, 3.8) is 0 Å². The van der Waals surface area contributed by atoms with Crippen molar-refractivity contribution >= 4 is 21.6 Å². The molecule has 0 spiro atoms. The summed E-state index contributed by atoms with van der Waals surface area (Å²) in [4.78, 5) is 10.5. The molecule has 0 aliphatic carbocycles. The summed E-state index contributed by atoms with van der Waals surface area (Å²) < 4.78 is 22.4. The van der Waals surface area contributed by atoms with Crippen molar-refractivity contribution in [3.05, 3.63) is 11.8 Å². The molecule has 0 amide bonds. The average Bonchev–Trinajstić information content (AvgIpc) is 2.34. The Morgan fingerprint density at radius 3 is 2.68 bits per heavy atom. The summed E-state index contributed by atoms with van der Waals surface area (Å²) in [6.45, 7) is 5.22. The lowest BCUT2D eigenvalue weighted by atomic mass is 10.3. The molecule has 1 rings (SSSR count). The van der Waals surface area contributed by atoms with Gasteiger partial charge in [0, 0.05) is 38.2 Å². The lowest BCUT2D eigenvalue weighted by molar-refractivity contribution is 0.601. The van der Waals surface area contributed by atoms with Crippen LogP contribution < -0.4 is 10.2 Å². The van der Waals surface area contributed by atoms with Gasteiger partial charge in [0.1, 0.15) is 15.7 Å². The first-order valence-electron chi connectivity index (χ1n) is 6.30. The zero-order valence-corrected chi connectivity index (χ0v) is 12.8. The summed E-state index contributed by atoms with van der Waals surface area (Å²) in [5, 5.41) is 3.12. The first-order chi connectivity index (χ1) is 8.83. The minimum absolute atomic E-state index is 0.116. The second-order valence-corrected chi connectivity index (χ2v) is 6.94. The second-order valence-electron chi connectivity index (χ2n) is 4.68. The van der Waals surface area contributed by atoms with Gasteiger partial charge in [-0.1, -0.05) is 6.92 Å². The quantitative estimate of drug-likeness (QED) is 0.808. The highest BCUT2D eigenvalue weighted by atomic mass is 32.2. The SMILES string of the molecule is CCCNc1ncc(C)c(N(C)CCS(C)(=O)=O)n1. The van der Waals surface area contributed by atoms with E-state index in [0.29, 0.717) is 12.5 Å². The van der Waals surface area contributed by atoms with Gasteiger partial charge in [0.15, 0.2) is 0 Å². The van der Waals surface area contributed by atoms with E-state index in [1.165, 1.54) is 6.26 Å². The fraction of sp³-hybridized carbons (Fsp3) is 0.667. The van der Waals surface area contributed by atoms with Gasteiger partial charge in [-0.25, -0.2) is 13.4 Å². The maximum Gasteiger partial charge on any atom is 0.224 e. The number of sulfone groups is 1. The van der Waals surface area contributed by atoms with E-state index in [0.717, 1.165) is 24.3 Å². The third-order valence-electron chi connectivity index (χ3n) is 2.64. The Balaban J connectivity index is 2.80. The Kier molecular flexibility index (Phi) is 5.53. The molecule has 0 fully saturated rings. The number of aryl methyl sites for hydroxylation is 1. The first kappa shape index (κ1) is 15.7. The molecule has 0 atom stereocenters. The van der Waals surface area contributed by atoms with E-state index in [-0.39, 0.29) is 5.75 Å². The van der Waals surface area contributed by atoms with Crippen molar-refractivity contribution in [1.82, 2.24) is 9.97 Å². The summed E-state index contributed by atoms with van der Waals surface area (Å²) in [5.41, 5.74) is 0.929. The van der Waals surface area contributed by atoms with Gasteiger partial charge in [0.25, 0.3) is 0 Å². The normalized spacial score (nSPS) is 11.4. The zero-order valence-electron chi connectivity index (χ0n) is 12.0. The van der Waals surface area contributed by atoms with Gasteiger partial charge in [-0.05, 0) is 13.3 Å². The molecular formula is C12H22N4O2S. The van der Waals surface area contributed by atoms with Gasteiger partial charge in [-0.15, -0.1) is 0 Å². The number of hydrogen-bond acceptors (Lipinski definition) is 6. The Labute approximate surface area is 115 Å². The van der Waals surface area contributed by atoms with E-state index in [2.05, 4.69) is 22.2 Å². The highest BCUT2D eigenvalue weighted by molar-refractivity contribution is 7.90. The van der Waals surface area contributed by atoms with Gasteiger partial charge < -0.3 is 10.2 Å². The van der Waals surface area contributed by atoms with Gasteiger partial charge >= 0.3 is 0 Å². The van der Waals surface area contributed by atoms with E-state index in [1.54, 1.807) is 6.20 Å². The highest BCUT2D eigenvalue weighted by Gasteiger charge is 2.11. The molecule has 0 radical (unpaired) electrons. The van der Waals surface area contributed by atoms with Gasteiger partial charge in [-0.3, -0.25) is 0 Å². The molecule has 19 heavy (non-hydrogen) atoms. The average molecular weight is 286 g/mol. The van der Waals surface area contributed by atoms with Crippen LogP contribution in [0.15, 0.2) is 6.20 Å². The standard InChI is InChI=1S/C12H22N4O2S/c1-5-6-13-12-14-9-10(2)11(15-12)16(3)7-8-19(4,17)18/h9H,5-8H2,1-4H3,(H,13,14,15). The van der Waals surface area contributed by atoms with Crippen molar-refractivity contribution < 1.29 is 8.42 Å². The minimum atomic E-state index is -2.97. The highest BCUT2D eigenvalue weighted by Crippen LogP contribution is 2.16. The monoisotopic (exact) mass is 286 g/mol. The van der Waals surface area contributed by atoms with E-state index in [4.69, 9.17) is 0 Å². The van der Waals surface area contributed by atoms with Gasteiger partial charge in [-0.2, -0.15) is 4.98 Å². The molecule has 1 heterocycles. The predicted octanol–water partition coefficient (Wildman–Crippen LogP) is 1.09. The Hall–Kier alpha value is -1.37. The van der Waals surface area contributed by atoms with Crippen molar-refractivity contribution in [2.45, 2.75) is 20.3 Å². The molecule has 0 aliphatic rings. The van der Waals surface area contributed by atoms with Crippen LogP contribution >= 0.6 is 0 Å². The third-order valence-corrected chi connectivity index (χ3v) is 3.56. The molecule has 0 bridgehead atoms. The fourth-order valence-corrected chi connectivity index (χ4v) is 2.16. The second kappa shape index (κ2) is 6.70. The van der Waals surface area contributed by atoms with E-state index >= 15 is 0 Å². The molecule has 7 heteroatoms. The smallest absolute Gasteiger partial charge is 0.224 e. The van der Waals surface area contributed by atoms with Crippen LogP contribution in [0.5, 0.6) is 0 Å². The topological polar surface area (TPSA) is 75.2 Å². The summed E-state index contributed by atoms with van der Waals surface area (Å²) in [7, 11) is -1.13. The maximum atomic E-state index is 11.2. The molecule has 0 unspecified atom stereocenters. The molecule has 1 aromatic heterocycles. The molecule has 0 saturated carbocycles. The molecular weight excluding hydrogens is 264 g/mol. The zero-order chi connectivity index (χ0) is 14.5. The largest absolute Gasteiger partial charge is 0.358 e. The maximum absolute atomic E-state index is 11.2. The van der Waals surface area contributed by atoms with Gasteiger partial charge in [0.2, 0.25) is 5.95 Å². The third kappa shape index (κ3) is 5.42. The molecule has 0 aliphatic heterocycles. The van der Waals surface area contributed by atoms with E-state index in [9.17, 15) is 8.42 Å². The number of nitrogens with zero attached hydrogens (tertiary/aromatic N) is 3. The van der Waals surface area contributed by atoms with Crippen LogP contribution in [0.2, 0.25) is 0 Å². The predicted molar refractivity (Wildman–Crippen MR) is 78.5 cm³/mol. The van der Waals surface area contributed by atoms with Crippen molar-refractivity contribution in [1.29, 1.82) is 0 Å². The van der Waals surface area contributed by atoms with Gasteiger partial charge in [0.05, 0.1) is 5.75 Å². The molecule has 6 nitrogen and oxygen atoms in total. The summed E-state index contributed by atoms with van der Waals surface area (Å²) in [5.74, 6) is 1.45. The van der Waals surface area contributed by atoms with Crippen LogP contribution in [0.1, 0.15) is 18.9 Å². The van der Waals surface area contributed by atoms with Crippen molar-refractivity contribution in [2.75, 3.05) is 42.4 Å². The first-order valence-corrected chi connectivity index (χ1v) is 8.36. The molecule has 108 valence electrons. The molecule has 0 saturated heterocycles. The lowest BCUT2D eigenvalue weighted by Gasteiger charge is -2.20. The Bertz CT molecular complexity index is 516. The number of aromatic nitrogens is 2. The number of hydrogen-bond donors (Lipinski definition) is 1. The van der Waals surface area contributed by atoms with Crippen LogP contribution in [0.4, 0.5) is 11.8 Å². The van der Waals surface area contributed by atoms with Crippen LogP contribution in [-0.4, -0.2) is 50.5 Å². The summed E-state index contributed by atoms with van der Waals surface area (Å²) >= 11 is 0. The van der Waals surface area contributed by atoms with E-state index < -0.39 is 9.84 Å². The molecule has 1 aromatic rings.